The lowest BCUT2D eigenvalue weighted by Crippen LogP contribution is -2.46. The molecule has 2 aromatic carbocycles. The van der Waals surface area contributed by atoms with E-state index in [2.05, 4.69) is 34.1 Å². The number of allylic oxidation sites excluding steroid dienone is 3. The van der Waals surface area contributed by atoms with Crippen LogP contribution >= 0.6 is 0 Å². The zero-order valence-corrected chi connectivity index (χ0v) is 23.9. The van der Waals surface area contributed by atoms with Crippen LogP contribution in [0.25, 0.3) is 16.5 Å². The van der Waals surface area contributed by atoms with Gasteiger partial charge in [-0.3, -0.25) is 19.2 Å². The average Bonchev–Trinajstić information content (AvgIpc) is 3.61. The summed E-state index contributed by atoms with van der Waals surface area (Å²) in [5.74, 6) is 0.498. The lowest BCUT2D eigenvalue weighted by Gasteiger charge is -2.35. The summed E-state index contributed by atoms with van der Waals surface area (Å²) in [5, 5.41) is 8.20. The van der Waals surface area contributed by atoms with Gasteiger partial charge in [0.1, 0.15) is 12.4 Å². The Morgan fingerprint density at radius 2 is 1.93 bits per heavy atom. The molecular formula is C33H35N5O4. The van der Waals surface area contributed by atoms with Gasteiger partial charge >= 0.3 is 0 Å². The third-order valence-corrected chi connectivity index (χ3v) is 7.50. The number of fused-ring (bicyclic) bond motifs is 1. The van der Waals surface area contributed by atoms with Gasteiger partial charge in [0.25, 0.3) is 5.91 Å². The van der Waals surface area contributed by atoms with Crippen LogP contribution in [0.5, 0.6) is 5.75 Å². The van der Waals surface area contributed by atoms with Gasteiger partial charge in [0, 0.05) is 54.4 Å². The molecular weight excluding hydrogens is 530 g/mol. The minimum absolute atomic E-state index is 0.0133. The van der Waals surface area contributed by atoms with Crippen LogP contribution in [0.1, 0.15) is 41.9 Å². The Hall–Kier alpha value is -4.47. The zero-order chi connectivity index (χ0) is 29.1. The second kappa shape index (κ2) is 12.2. The predicted molar refractivity (Wildman–Crippen MR) is 161 cm³/mol. The monoisotopic (exact) mass is 565 g/mol. The zero-order valence-electron chi connectivity index (χ0n) is 23.9. The van der Waals surface area contributed by atoms with Gasteiger partial charge in [0.15, 0.2) is 5.78 Å². The van der Waals surface area contributed by atoms with E-state index in [1.54, 1.807) is 29.2 Å². The lowest BCUT2D eigenvalue weighted by molar-refractivity contribution is -0.113. The summed E-state index contributed by atoms with van der Waals surface area (Å²) in [4.78, 5) is 31.5. The Morgan fingerprint density at radius 1 is 1.12 bits per heavy atom. The number of amides is 1. The van der Waals surface area contributed by atoms with Crippen LogP contribution in [-0.2, 0) is 16.1 Å². The molecule has 0 spiro atoms. The largest absolute Gasteiger partial charge is 0.492 e. The number of nitrogens with zero attached hydrogens (tertiary/aromatic N) is 3. The molecule has 1 saturated heterocycles. The number of aromatic nitrogens is 3. The van der Waals surface area contributed by atoms with Crippen molar-refractivity contribution in [2.24, 2.45) is 0 Å². The number of carbonyl (C=O) groups excluding carboxylic acids is 2. The number of benzene rings is 2. The molecule has 1 fully saturated rings. The van der Waals surface area contributed by atoms with Gasteiger partial charge in [0.2, 0.25) is 0 Å². The van der Waals surface area contributed by atoms with Crippen molar-refractivity contribution < 1.29 is 19.1 Å². The molecule has 0 radical (unpaired) electrons. The molecule has 2 unspecified atom stereocenters. The molecule has 0 saturated carbocycles. The number of carbonyl (C=O) groups is 2. The quantitative estimate of drug-likeness (QED) is 0.308. The fourth-order valence-corrected chi connectivity index (χ4v) is 5.57. The van der Waals surface area contributed by atoms with E-state index < -0.39 is 0 Å². The average molecular weight is 566 g/mol. The number of nitrogens with one attached hydrogen (secondary N) is 2. The fraction of sp³-hybridized carbons (Fsp3) is 0.303. The Morgan fingerprint density at radius 3 is 2.74 bits per heavy atom. The van der Waals surface area contributed by atoms with Gasteiger partial charge in [0.05, 0.1) is 36.2 Å². The van der Waals surface area contributed by atoms with Crippen LogP contribution in [0.2, 0.25) is 0 Å². The van der Waals surface area contributed by atoms with Crippen LogP contribution in [0.15, 0.2) is 84.8 Å². The van der Waals surface area contributed by atoms with Crippen molar-refractivity contribution in [1.29, 1.82) is 0 Å². The van der Waals surface area contributed by atoms with E-state index >= 15 is 0 Å². The molecule has 9 heteroatoms. The van der Waals surface area contributed by atoms with Gasteiger partial charge in [-0.2, -0.15) is 5.10 Å². The second-order valence-corrected chi connectivity index (χ2v) is 11.0. The summed E-state index contributed by atoms with van der Waals surface area (Å²) < 4.78 is 13.6. The SMILES string of the molecule is CC1CN(CCOc2ccc3[nH]c(C4=CC(NC(=O)c5cnn(Cc6ccccc6)c5)=CCC4=O)cc3c2)CC(C)O1. The topological polar surface area (TPSA) is 101 Å². The van der Waals surface area contributed by atoms with Crippen molar-refractivity contribution in [1.82, 2.24) is 25.0 Å². The molecule has 4 aromatic rings. The molecule has 2 aromatic heterocycles. The molecule has 9 nitrogen and oxygen atoms in total. The number of rotatable bonds is 9. The summed E-state index contributed by atoms with van der Waals surface area (Å²) in [6, 6.07) is 17.8. The van der Waals surface area contributed by atoms with E-state index in [4.69, 9.17) is 9.47 Å². The van der Waals surface area contributed by atoms with Gasteiger partial charge in [-0.1, -0.05) is 36.4 Å². The maximum atomic E-state index is 13.0. The van der Waals surface area contributed by atoms with Crippen molar-refractivity contribution in [3.05, 3.63) is 102 Å². The van der Waals surface area contributed by atoms with Crippen LogP contribution in [0.4, 0.5) is 0 Å². The molecule has 2 aliphatic rings. The van der Waals surface area contributed by atoms with E-state index in [1.165, 1.54) is 0 Å². The number of ether oxygens (including phenoxy) is 2. The van der Waals surface area contributed by atoms with Crippen LogP contribution in [-0.4, -0.2) is 69.8 Å². The van der Waals surface area contributed by atoms with Crippen molar-refractivity contribution in [3.63, 3.8) is 0 Å². The number of morpholine rings is 1. The first-order valence-corrected chi connectivity index (χ1v) is 14.4. The van der Waals surface area contributed by atoms with Crippen LogP contribution in [0.3, 0.4) is 0 Å². The Labute approximate surface area is 244 Å². The maximum absolute atomic E-state index is 13.0. The molecule has 1 aliphatic carbocycles. The molecule has 2 N–H and O–H groups in total. The van der Waals surface area contributed by atoms with E-state index in [-0.39, 0.29) is 30.3 Å². The first-order chi connectivity index (χ1) is 20.4. The minimum Gasteiger partial charge on any atom is -0.492 e. The first kappa shape index (κ1) is 27.7. The number of H-pyrrole nitrogens is 1. The Bertz CT molecular complexity index is 1640. The normalized spacial score (nSPS) is 19.4. The van der Waals surface area contributed by atoms with E-state index in [0.29, 0.717) is 35.7 Å². The van der Waals surface area contributed by atoms with E-state index in [1.807, 2.05) is 54.6 Å². The Kier molecular flexibility index (Phi) is 8.03. The summed E-state index contributed by atoms with van der Waals surface area (Å²) >= 11 is 0. The lowest BCUT2D eigenvalue weighted by atomic mass is 9.98. The molecule has 42 heavy (non-hydrogen) atoms. The number of Topliss-reactive ketones (excluding diaryl/α,β-unsaturated/α-hetero) is 1. The number of aromatic amines is 1. The molecule has 1 amide bonds. The number of hydrogen-bond acceptors (Lipinski definition) is 6. The van der Waals surface area contributed by atoms with Crippen molar-refractivity contribution in [2.45, 2.75) is 39.0 Å². The van der Waals surface area contributed by atoms with Gasteiger partial charge in [-0.15, -0.1) is 0 Å². The number of ketones is 1. The highest BCUT2D eigenvalue weighted by Crippen LogP contribution is 2.28. The molecule has 2 atom stereocenters. The van der Waals surface area contributed by atoms with Crippen molar-refractivity contribution >= 4 is 28.2 Å². The van der Waals surface area contributed by atoms with Crippen LogP contribution < -0.4 is 10.1 Å². The fourth-order valence-electron chi connectivity index (χ4n) is 5.57. The summed E-state index contributed by atoms with van der Waals surface area (Å²) in [6.07, 6.45) is 7.41. The van der Waals surface area contributed by atoms with E-state index in [0.717, 1.165) is 41.9 Å². The first-order valence-electron chi connectivity index (χ1n) is 14.4. The third-order valence-electron chi connectivity index (χ3n) is 7.50. The molecule has 3 heterocycles. The summed E-state index contributed by atoms with van der Waals surface area (Å²) in [5.41, 5.74) is 4.28. The molecule has 216 valence electrons. The Balaban J connectivity index is 1.09. The predicted octanol–water partition coefficient (Wildman–Crippen LogP) is 4.57. The van der Waals surface area contributed by atoms with Gasteiger partial charge in [-0.05, 0) is 49.8 Å². The number of hydrogen-bond donors (Lipinski definition) is 2. The minimum atomic E-state index is -0.273. The summed E-state index contributed by atoms with van der Waals surface area (Å²) in [6.45, 7) is 8.02. The standard InChI is InChI=1S/C33H35N5O4/c1-22-18-37(19-23(2)42-22)12-13-41-28-9-10-30-25(14-28)15-31(36-30)29-16-27(8-11-32(29)39)35-33(40)26-17-34-38(21-26)20-24-6-4-3-5-7-24/h3-10,14-17,21-23,36H,11-13,18-20H2,1-2H3,(H,35,40). The van der Waals surface area contributed by atoms with Gasteiger partial charge < -0.3 is 19.8 Å². The van der Waals surface area contributed by atoms with E-state index in [9.17, 15) is 9.59 Å². The highest BCUT2D eigenvalue weighted by Gasteiger charge is 2.22. The van der Waals surface area contributed by atoms with Crippen LogP contribution in [0, 0.1) is 0 Å². The van der Waals surface area contributed by atoms with Crippen molar-refractivity contribution in [2.75, 3.05) is 26.2 Å². The maximum Gasteiger partial charge on any atom is 0.258 e. The molecule has 1 aliphatic heterocycles. The second-order valence-electron chi connectivity index (χ2n) is 11.0. The van der Waals surface area contributed by atoms with Crippen molar-refractivity contribution in [3.8, 4) is 5.75 Å². The molecule has 6 rings (SSSR count). The summed E-state index contributed by atoms with van der Waals surface area (Å²) in [7, 11) is 0. The third kappa shape index (κ3) is 6.53. The highest BCUT2D eigenvalue weighted by atomic mass is 16.5. The smallest absolute Gasteiger partial charge is 0.258 e. The van der Waals surface area contributed by atoms with Gasteiger partial charge in [-0.25, -0.2) is 0 Å². The molecule has 0 bridgehead atoms. The highest BCUT2D eigenvalue weighted by molar-refractivity contribution is 6.23.